The van der Waals surface area contributed by atoms with E-state index < -0.39 is 22.1 Å². The molecular weight excluding hydrogens is 378 g/mol. The Bertz CT molecular complexity index is 835. The molecule has 0 spiro atoms. The number of rotatable bonds is 2. The minimum Gasteiger partial charge on any atom is -0.244 e. The van der Waals surface area contributed by atoms with E-state index in [1.165, 1.54) is 12.1 Å². The summed E-state index contributed by atoms with van der Waals surface area (Å²) in [5, 5.41) is 0. The van der Waals surface area contributed by atoms with Gasteiger partial charge in [-0.2, -0.15) is 0 Å². The molecule has 1 aromatic rings. The number of imide groups is 1. The molecule has 28 heavy (non-hydrogen) atoms. The maximum atomic E-state index is 13.0. The van der Waals surface area contributed by atoms with E-state index in [2.05, 4.69) is 9.98 Å². The number of hydrogen-bond donors (Lipinski definition) is 0. The van der Waals surface area contributed by atoms with E-state index in [9.17, 15) is 18.0 Å². The molecule has 1 aromatic carbocycles. The van der Waals surface area contributed by atoms with E-state index in [0.29, 0.717) is 37.1 Å². The second-order valence-electron chi connectivity index (χ2n) is 7.13. The van der Waals surface area contributed by atoms with Crippen LogP contribution in [0.5, 0.6) is 0 Å². The molecule has 2 aliphatic carbocycles. The molecule has 2 aliphatic rings. The molecule has 0 aliphatic heterocycles. The molecule has 0 unspecified atom stereocenters. The van der Waals surface area contributed by atoms with Crippen LogP contribution in [-0.2, 0) is 10.0 Å². The van der Waals surface area contributed by atoms with Gasteiger partial charge in [0.1, 0.15) is 0 Å². The molecular formula is C20H25N3O4S. The third kappa shape index (κ3) is 4.92. The van der Waals surface area contributed by atoms with Crippen molar-refractivity contribution in [2.75, 3.05) is 0 Å². The molecule has 3 rings (SSSR count). The van der Waals surface area contributed by atoms with Crippen LogP contribution in [0, 0.1) is 0 Å². The Hall–Kier alpha value is -2.35. The number of benzene rings is 1. The second-order valence-corrected chi connectivity index (χ2v) is 8.91. The van der Waals surface area contributed by atoms with Crippen LogP contribution in [0.3, 0.4) is 0 Å². The Morgan fingerprint density at radius 1 is 0.714 bits per heavy atom. The number of carbonyl (C=O) groups is 2. The van der Waals surface area contributed by atoms with Crippen LogP contribution < -0.4 is 0 Å². The minimum absolute atomic E-state index is 0.135. The van der Waals surface area contributed by atoms with Gasteiger partial charge in [-0.3, -0.25) is 0 Å². The van der Waals surface area contributed by atoms with E-state index >= 15 is 0 Å². The summed E-state index contributed by atoms with van der Waals surface area (Å²) in [5.74, 6) is 0. The van der Waals surface area contributed by atoms with Gasteiger partial charge in [-0.05, 0) is 63.5 Å². The molecule has 7 nitrogen and oxygen atoms in total. The number of amides is 4. The Kier molecular flexibility index (Phi) is 6.72. The van der Waals surface area contributed by atoms with Crippen LogP contribution in [0.2, 0.25) is 0 Å². The second kappa shape index (κ2) is 9.23. The van der Waals surface area contributed by atoms with Crippen LogP contribution in [0.1, 0.15) is 64.2 Å². The van der Waals surface area contributed by atoms with Gasteiger partial charge >= 0.3 is 12.1 Å². The number of sulfonamides is 1. The van der Waals surface area contributed by atoms with Crippen molar-refractivity contribution in [3.8, 4) is 0 Å². The van der Waals surface area contributed by atoms with Crippen LogP contribution in [0.4, 0.5) is 9.59 Å². The molecule has 0 atom stereocenters. The van der Waals surface area contributed by atoms with Gasteiger partial charge in [0.15, 0.2) is 0 Å². The van der Waals surface area contributed by atoms with Gasteiger partial charge in [0.2, 0.25) is 0 Å². The lowest BCUT2D eigenvalue weighted by atomic mass is 9.99. The van der Waals surface area contributed by atoms with Crippen molar-refractivity contribution in [2.45, 2.75) is 69.1 Å². The Labute approximate surface area is 165 Å². The Morgan fingerprint density at radius 2 is 1.14 bits per heavy atom. The zero-order valence-electron chi connectivity index (χ0n) is 15.8. The zero-order chi connectivity index (χ0) is 20.0. The van der Waals surface area contributed by atoms with Gasteiger partial charge in [0, 0.05) is 11.4 Å². The van der Waals surface area contributed by atoms with Crippen LogP contribution >= 0.6 is 0 Å². The molecule has 0 aromatic heterocycles. The highest BCUT2D eigenvalue weighted by Crippen LogP contribution is 2.21. The summed E-state index contributed by atoms with van der Waals surface area (Å²) in [5.41, 5.74) is 1.28. The summed E-state index contributed by atoms with van der Waals surface area (Å²) in [4.78, 5) is 33.4. The molecule has 4 amide bonds. The molecule has 2 saturated carbocycles. The fraction of sp³-hybridized carbons (Fsp3) is 0.500. The van der Waals surface area contributed by atoms with Gasteiger partial charge in [-0.15, -0.1) is 4.31 Å². The normalized spacial score (nSPS) is 17.7. The highest BCUT2D eigenvalue weighted by Gasteiger charge is 2.36. The van der Waals surface area contributed by atoms with Gasteiger partial charge in [0.05, 0.1) is 4.90 Å². The third-order valence-corrected chi connectivity index (χ3v) is 6.66. The third-order valence-electron chi connectivity index (χ3n) is 5.00. The summed E-state index contributed by atoms with van der Waals surface area (Å²) < 4.78 is 26.3. The maximum absolute atomic E-state index is 13.0. The quantitative estimate of drug-likeness (QED) is 0.713. The van der Waals surface area contributed by atoms with Crippen molar-refractivity contribution in [1.82, 2.24) is 4.31 Å². The molecule has 0 heterocycles. The zero-order valence-corrected chi connectivity index (χ0v) is 16.7. The summed E-state index contributed by atoms with van der Waals surface area (Å²) in [6.07, 6.45) is 8.35. The van der Waals surface area contributed by atoms with Crippen molar-refractivity contribution in [3.05, 3.63) is 30.3 Å². The first kappa shape index (κ1) is 20.4. The fourth-order valence-electron chi connectivity index (χ4n) is 3.49. The number of hydrogen-bond acceptors (Lipinski definition) is 4. The van der Waals surface area contributed by atoms with E-state index in [1.807, 2.05) is 0 Å². The van der Waals surface area contributed by atoms with Crippen LogP contribution in [-0.4, -0.2) is 36.2 Å². The molecule has 0 radical (unpaired) electrons. The first-order valence-corrected chi connectivity index (χ1v) is 11.2. The maximum Gasteiger partial charge on any atom is 0.366 e. The highest BCUT2D eigenvalue weighted by molar-refractivity contribution is 7.90. The summed E-state index contributed by atoms with van der Waals surface area (Å²) in [7, 11) is -4.38. The van der Waals surface area contributed by atoms with Crippen LogP contribution in [0.15, 0.2) is 45.2 Å². The van der Waals surface area contributed by atoms with E-state index in [1.54, 1.807) is 18.2 Å². The molecule has 150 valence electrons. The summed E-state index contributed by atoms with van der Waals surface area (Å²) >= 11 is 0. The predicted octanol–water partition coefficient (Wildman–Crippen LogP) is 4.73. The van der Waals surface area contributed by atoms with Crippen molar-refractivity contribution < 1.29 is 18.0 Å². The first-order valence-electron chi connectivity index (χ1n) is 9.79. The summed E-state index contributed by atoms with van der Waals surface area (Å²) in [6, 6.07) is 5.30. The Balaban J connectivity index is 1.95. The monoisotopic (exact) mass is 403 g/mol. The predicted molar refractivity (Wildman–Crippen MR) is 107 cm³/mol. The molecule has 0 saturated heterocycles. The largest absolute Gasteiger partial charge is 0.366 e. The average Bonchev–Trinajstić information content (AvgIpc) is 2.70. The van der Waals surface area contributed by atoms with Gasteiger partial charge in [0.25, 0.3) is 10.0 Å². The topological polar surface area (TPSA) is 96.2 Å². The standard InChI is InChI=1S/C20H25N3O4S/c24-19(21-16-10-4-1-5-11-16)23(20(25)22-17-12-6-2-7-13-17)28(26,27)18-14-8-3-9-15-18/h3,8-9,14-15H,1-2,4-7,10-13H2. The number of urea groups is 2. The molecule has 0 N–H and O–H groups in total. The SMILES string of the molecule is O=C(N=C1CCCCC1)N(C(=O)N=C1CCCCC1)S(=O)(=O)c1ccccc1. The number of aliphatic imine (C=N–C) groups is 2. The first-order chi connectivity index (χ1) is 13.5. The lowest BCUT2D eigenvalue weighted by Gasteiger charge is -2.19. The van der Waals surface area contributed by atoms with Gasteiger partial charge < -0.3 is 0 Å². The van der Waals surface area contributed by atoms with Crippen molar-refractivity contribution in [2.24, 2.45) is 9.98 Å². The lowest BCUT2D eigenvalue weighted by Crippen LogP contribution is -2.39. The fourth-order valence-corrected chi connectivity index (χ4v) is 4.69. The average molecular weight is 404 g/mol. The van der Waals surface area contributed by atoms with Gasteiger partial charge in [-0.1, -0.05) is 31.0 Å². The van der Waals surface area contributed by atoms with E-state index in [4.69, 9.17) is 0 Å². The van der Waals surface area contributed by atoms with Crippen molar-refractivity contribution >= 4 is 33.5 Å². The molecule has 2 fully saturated rings. The van der Waals surface area contributed by atoms with Gasteiger partial charge in [-0.25, -0.2) is 28.0 Å². The molecule has 8 heteroatoms. The van der Waals surface area contributed by atoms with Crippen molar-refractivity contribution in [1.29, 1.82) is 0 Å². The Morgan fingerprint density at radius 3 is 1.57 bits per heavy atom. The molecule has 0 bridgehead atoms. The smallest absolute Gasteiger partial charge is 0.244 e. The number of carbonyl (C=O) groups excluding carboxylic acids is 2. The summed E-state index contributed by atoms with van der Waals surface area (Å²) in [6.45, 7) is 0. The highest BCUT2D eigenvalue weighted by atomic mass is 32.2. The van der Waals surface area contributed by atoms with Crippen molar-refractivity contribution in [3.63, 3.8) is 0 Å². The minimum atomic E-state index is -4.38. The lowest BCUT2D eigenvalue weighted by molar-refractivity contribution is 0.218. The van der Waals surface area contributed by atoms with E-state index in [0.717, 1.165) is 38.5 Å². The van der Waals surface area contributed by atoms with Crippen LogP contribution in [0.25, 0.3) is 0 Å². The van der Waals surface area contributed by atoms with E-state index in [-0.39, 0.29) is 9.20 Å². The number of nitrogens with zero attached hydrogens (tertiary/aromatic N) is 3.